The van der Waals surface area contributed by atoms with Crippen LogP contribution in [0, 0.1) is 0 Å². The van der Waals surface area contributed by atoms with Crippen LogP contribution >= 0.6 is 11.6 Å². The van der Waals surface area contributed by atoms with Crippen LogP contribution in [0.2, 0.25) is 5.02 Å². The Kier molecular flexibility index (Phi) is 8.76. The molecule has 0 fully saturated rings. The molecule has 0 heterocycles. The zero-order valence-corrected chi connectivity index (χ0v) is 18.5. The van der Waals surface area contributed by atoms with E-state index in [-0.39, 0.29) is 30.6 Å². The lowest BCUT2D eigenvalue weighted by Gasteiger charge is -2.23. The lowest BCUT2D eigenvalue weighted by Crippen LogP contribution is -2.36. The van der Waals surface area contributed by atoms with Crippen molar-refractivity contribution in [2.45, 2.75) is 6.54 Å². The number of rotatable bonds is 11. The van der Waals surface area contributed by atoms with Crippen molar-refractivity contribution >= 4 is 27.6 Å². The molecular formula is C20H24ClNO7S. The zero-order valence-electron chi connectivity index (χ0n) is 17.0. The Hall–Kier alpha value is -2.49. The smallest absolute Gasteiger partial charge is 0.306 e. The molecular weight excluding hydrogens is 434 g/mol. The Morgan fingerprint density at radius 3 is 2.37 bits per heavy atom. The van der Waals surface area contributed by atoms with Crippen LogP contribution in [0.3, 0.4) is 0 Å². The van der Waals surface area contributed by atoms with Crippen LogP contribution in [0.5, 0.6) is 17.2 Å². The molecule has 164 valence electrons. The first-order valence-electron chi connectivity index (χ1n) is 8.93. The molecule has 0 saturated carbocycles. The van der Waals surface area contributed by atoms with Crippen LogP contribution in [0.15, 0.2) is 42.5 Å². The van der Waals surface area contributed by atoms with Gasteiger partial charge in [-0.1, -0.05) is 17.7 Å². The molecule has 2 rings (SSSR count). The van der Waals surface area contributed by atoms with Gasteiger partial charge in [0.2, 0.25) is 0 Å². The lowest BCUT2D eigenvalue weighted by molar-refractivity contribution is -0.134. The highest BCUT2D eigenvalue weighted by Crippen LogP contribution is 2.29. The first-order valence-corrected chi connectivity index (χ1v) is 11.1. The summed E-state index contributed by atoms with van der Waals surface area (Å²) >= 11 is 5.85. The summed E-state index contributed by atoms with van der Waals surface area (Å²) in [4.78, 5) is 14.2. The van der Waals surface area contributed by atoms with Gasteiger partial charge in [0.15, 0.2) is 18.1 Å². The van der Waals surface area contributed by atoms with E-state index in [0.717, 1.165) is 6.26 Å². The van der Waals surface area contributed by atoms with E-state index in [4.69, 9.17) is 30.0 Å². The van der Waals surface area contributed by atoms with E-state index >= 15 is 0 Å². The largest absolute Gasteiger partial charge is 0.493 e. The summed E-state index contributed by atoms with van der Waals surface area (Å²) in [6, 6.07) is 11.5. The van der Waals surface area contributed by atoms with Crippen molar-refractivity contribution in [2.75, 3.05) is 40.2 Å². The standard InChI is InChI=1S/C20H24ClNO7S/c1-26-11-10-22(20(23)14-28-17-7-5-16(21)6-8-17)13-15-4-9-18(27-2)19(12-15)29-30(3,24)25/h4-9,12H,10-11,13-14H2,1-3H3. The molecule has 0 bridgehead atoms. The normalized spacial score (nSPS) is 11.1. The minimum atomic E-state index is -3.74. The molecule has 10 heteroatoms. The third kappa shape index (κ3) is 7.74. The van der Waals surface area contributed by atoms with Crippen LogP contribution in [0.4, 0.5) is 0 Å². The van der Waals surface area contributed by atoms with Gasteiger partial charge in [0.25, 0.3) is 5.91 Å². The average molecular weight is 458 g/mol. The van der Waals surface area contributed by atoms with E-state index in [0.29, 0.717) is 29.5 Å². The van der Waals surface area contributed by atoms with E-state index in [1.165, 1.54) is 20.3 Å². The van der Waals surface area contributed by atoms with Crippen molar-refractivity contribution in [1.82, 2.24) is 4.90 Å². The van der Waals surface area contributed by atoms with Crippen molar-refractivity contribution in [3.8, 4) is 17.2 Å². The van der Waals surface area contributed by atoms with Crippen molar-refractivity contribution in [1.29, 1.82) is 0 Å². The molecule has 0 aliphatic rings. The minimum absolute atomic E-state index is 0.0501. The van der Waals surface area contributed by atoms with Gasteiger partial charge < -0.3 is 23.3 Å². The zero-order chi connectivity index (χ0) is 22.1. The number of carbonyl (C=O) groups is 1. The number of halogens is 1. The molecule has 0 radical (unpaired) electrons. The summed E-state index contributed by atoms with van der Waals surface area (Å²) in [5.41, 5.74) is 0.658. The maximum Gasteiger partial charge on any atom is 0.306 e. The van der Waals surface area contributed by atoms with E-state index in [9.17, 15) is 13.2 Å². The minimum Gasteiger partial charge on any atom is -0.493 e. The molecule has 0 unspecified atom stereocenters. The summed E-state index contributed by atoms with van der Waals surface area (Å²) < 4.78 is 43.8. The van der Waals surface area contributed by atoms with Crippen molar-refractivity contribution < 1.29 is 31.6 Å². The highest BCUT2D eigenvalue weighted by Gasteiger charge is 2.17. The Bertz CT molecular complexity index is 948. The number of ether oxygens (including phenoxy) is 3. The molecule has 30 heavy (non-hydrogen) atoms. The molecule has 0 atom stereocenters. The van der Waals surface area contributed by atoms with Crippen LogP contribution < -0.4 is 13.7 Å². The van der Waals surface area contributed by atoms with Gasteiger partial charge in [0.05, 0.1) is 20.0 Å². The summed E-state index contributed by atoms with van der Waals surface area (Å²) in [5.74, 6) is 0.579. The maximum absolute atomic E-state index is 12.7. The monoisotopic (exact) mass is 457 g/mol. The maximum atomic E-state index is 12.7. The third-order valence-corrected chi connectivity index (χ3v) is 4.67. The van der Waals surface area contributed by atoms with Crippen LogP contribution in [0.25, 0.3) is 0 Å². The highest BCUT2D eigenvalue weighted by atomic mass is 35.5. The predicted molar refractivity (Wildman–Crippen MR) is 113 cm³/mol. The highest BCUT2D eigenvalue weighted by molar-refractivity contribution is 7.86. The third-order valence-electron chi connectivity index (χ3n) is 3.94. The summed E-state index contributed by atoms with van der Waals surface area (Å²) in [6.07, 6.45) is 0.946. The molecule has 0 aliphatic carbocycles. The Morgan fingerprint density at radius 1 is 1.07 bits per heavy atom. The summed E-state index contributed by atoms with van der Waals surface area (Å²) in [7, 11) is -0.788. The lowest BCUT2D eigenvalue weighted by atomic mass is 10.2. The molecule has 8 nitrogen and oxygen atoms in total. The Balaban J connectivity index is 2.13. The van der Waals surface area contributed by atoms with Gasteiger partial charge in [-0.2, -0.15) is 8.42 Å². The summed E-state index contributed by atoms with van der Waals surface area (Å²) in [5, 5.41) is 0.571. The Labute approximate surface area is 181 Å². The van der Waals surface area contributed by atoms with E-state index in [1.54, 1.807) is 41.3 Å². The molecule has 2 aromatic rings. The molecule has 0 saturated heterocycles. The van der Waals surface area contributed by atoms with Crippen molar-refractivity contribution in [3.05, 3.63) is 53.1 Å². The van der Waals surface area contributed by atoms with Gasteiger partial charge in [-0.25, -0.2) is 0 Å². The molecule has 0 N–H and O–H groups in total. The van der Waals surface area contributed by atoms with Gasteiger partial charge in [0.1, 0.15) is 5.75 Å². The molecule has 0 spiro atoms. The SMILES string of the molecule is COCCN(Cc1ccc(OC)c(OS(C)(=O)=O)c1)C(=O)COc1ccc(Cl)cc1. The van der Waals surface area contributed by atoms with E-state index in [2.05, 4.69) is 0 Å². The average Bonchev–Trinajstić information content (AvgIpc) is 2.69. The molecule has 0 aromatic heterocycles. The number of carbonyl (C=O) groups excluding carboxylic acids is 1. The fourth-order valence-electron chi connectivity index (χ4n) is 2.53. The molecule has 0 aliphatic heterocycles. The van der Waals surface area contributed by atoms with Crippen LogP contribution in [-0.2, 0) is 26.2 Å². The quantitative estimate of drug-likeness (QED) is 0.479. The van der Waals surface area contributed by atoms with Gasteiger partial charge in [-0.3, -0.25) is 4.79 Å². The van der Waals surface area contributed by atoms with Gasteiger partial charge in [-0.15, -0.1) is 0 Å². The second kappa shape index (κ2) is 11.1. The molecule has 2 aromatic carbocycles. The number of hydrogen-bond donors (Lipinski definition) is 0. The van der Waals surface area contributed by atoms with Crippen molar-refractivity contribution in [3.63, 3.8) is 0 Å². The number of methoxy groups -OCH3 is 2. The van der Waals surface area contributed by atoms with E-state index < -0.39 is 10.1 Å². The fraction of sp³-hybridized carbons (Fsp3) is 0.350. The number of nitrogens with zero attached hydrogens (tertiary/aromatic N) is 1. The first kappa shape index (κ1) is 23.8. The topological polar surface area (TPSA) is 91.4 Å². The predicted octanol–water partition coefficient (Wildman–Crippen LogP) is 2.74. The fourth-order valence-corrected chi connectivity index (χ4v) is 3.11. The summed E-state index contributed by atoms with van der Waals surface area (Å²) in [6.45, 7) is 0.688. The van der Waals surface area contributed by atoms with Gasteiger partial charge in [-0.05, 0) is 42.0 Å². The molecule has 1 amide bonds. The Morgan fingerprint density at radius 2 is 1.77 bits per heavy atom. The first-order chi connectivity index (χ1) is 14.2. The second-order valence-electron chi connectivity index (χ2n) is 6.32. The number of benzene rings is 2. The second-order valence-corrected chi connectivity index (χ2v) is 8.33. The van der Waals surface area contributed by atoms with Gasteiger partial charge in [0, 0.05) is 25.2 Å². The number of hydrogen-bond acceptors (Lipinski definition) is 7. The van der Waals surface area contributed by atoms with E-state index in [1.807, 2.05) is 0 Å². The van der Waals surface area contributed by atoms with Crippen LogP contribution in [-0.4, -0.2) is 59.5 Å². The van der Waals surface area contributed by atoms with Crippen LogP contribution in [0.1, 0.15) is 5.56 Å². The number of amides is 1. The van der Waals surface area contributed by atoms with Gasteiger partial charge >= 0.3 is 10.1 Å². The van der Waals surface area contributed by atoms with Crippen molar-refractivity contribution in [2.24, 2.45) is 0 Å².